The zero-order chi connectivity index (χ0) is 18.6. The molecule has 0 aliphatic heterocycles. The Kier molecular flexibility index (Phi) is 4.88. The summed E-state index contributed by atoms with van der Waals surface area (Å²) in [6.07, 6.45) is 8.50. The summed E-state index contributed by atoms with van der Waals surface area (Å²) in [7, 11) is 1.69. The summed E-state index contributed by atoms with van der Waals surface area (Å²) in [5.41, 5.74) is 6.98. The zero-order valence-corrected chi connectivity index (χ0v) is 15.7. The summed E-state index contributed by atoms with van der Waals surface area (Å²) in [5, 5.41) is 1.04. The fraction of sp³-hybridized carbons (Fsp3) is 0.217. The highest BCUT2D eigenvalue weighted by Crippen LogP contribution is 2.28. The van der Waals surface area contributed by atoms with Crippen LogP contribution in [0.1, 0.15) is 27.9 Å². The van der Waals surface area contributed by atoms with E-state index in [1.54, 1.807) is 13.3 Å². The van der Waals surface area contributed by atoms with Crippen LogP contribution >= 0.6 is 0 Å². The van der Waals surface area contributed by atoms with E-state index in [0.29, 0.717) is 0 Å². The number of ether oxygens (including phenoxy) is 1. The molecule has 0 unspecified atom stereocenters. The van der Waals surface area contributed by atoms with Crippen molar-refractivity contribution in [2.75, 3.05) is 7.11 Å². The molecule has 0 spiro atoms. The predicted molar refractivity (Wildman–Crippen MR) is 108 cm³/mol. The molecule has 4 heteroatoms. The molecule has 0 radical (unpaired) electrons. The van der Waals surface area contributed by atoms with E-state index < -0.39 is 0 Å². The lowest BCUT2D eigenvalue weighted by Crippen LogP contribution is -1.96. The molecule has 0 aliphatic rings. The van der Waals surface area contributed by atoms with Gasteiger partial charge in [0.25, 0.3) is 0 Å². The molecule has 4 nitrogen and oxygen atoms in total. The van der Waals surface area contributed by atoms with Gasteiger partial charge in [0, 0.05) is 30.7 Å². The SMILES string of the molecule is COc1ccnc2[nH]cc(Cc3ccc(CCc4ccc(C)cc4)nc3)c12. The fourth-order valence-electron chi connectivity index (χ4n) is 3.36. The van der Waals surface area contributed by atoms with Gasteiger partial charge in [0.05, 0.1) is 12.5 Å². The van der Waals surface area contributed by atoms with Gasteiger partial charge in [-0.2, -0.15) is 0 Å². The average Bonchev–Trinajstić information content (AvgIpc) is 3.12. The second-order valence-electron chi connectivity index (χ2n) is 6.87. The molecule has 0 saturated heterocycles. The number of aryl methyl sites for hydroxylation is 3. The lowest BCUT2D eigenvalue weighted by molar-refractivity contribution is 0.419. The summed E-state index contributed by atoms with van der Waals surface area (Å²) in [6, 6.07) is 14.9. The van der Waals surface area contributed by atoms with Crippen molar-refractivity contribution in [1.29, 1.82) is 0 Å². The van der Waals surface area contributed by atoms with Crippen molar-refractivity contribution in [2.24, 2.45) is 0 Å². The Hall–Kier alpha value is -3.14. The monoisotopic (exact) mass is 357 g/mol. The summed E-state index contributed by atoms with van der Waals surface area (Å²) in [5.74, 6) is 0.846. The molecule has 1 N–H and O–H groups in total. The van der Waals surface area contributed by atoms with Crippen LogP contribution in [0.25, 0.3) is 11.0 Å². The van der Waals surface area contributed by atoms with Crippen LogP contribution in [-0.2, 0) is 19.3 Å². The molecule has 0 atom stereocenters. The molecule has 0 saturated carbocycles. The molecule has 0 aliphatic carbocycles. The van der Waals surface area contributed by atoms with Crippen molar-refractivity contribution in [3.05, 3.63) is 89.0 Å². The standard InChI is InChI=1S/C23H23N3O/c1-16-3-5-17(6-4-16)7-9-20-10-8-18(14-25-20)13-19-15-26-23-22(19)21(27-2)11-12-24-23/h3-6,8,10-12,14-15H,7,9,13H2,1-2H3,(H,24,26). The number of benzene rings is 1. The molecule has 0 bridgehead atoms. The van der Waals surface area contributed by atoms with Crippen LogP contribution in [0, 0.1) is 6.92 Å². The van der Waals surface area contributed by atoms with Crippen LogP contribution in [0.3, 0.4) is 0 Å². The molecule has 4 rings (SSSR count). The van der Waals surface area contributed by atoms with Gasteiger partial charge in [-0.25, -0.2) is 4.98 Å². The number of aromatic amines is 1. The van der Waals surface area contributed by atoms with Gasteiger partial charge in [-0.1, -0.05) is 35.9 Å². The average molecular weight is 357 g/mol. The number of H-pyrrole nitrogens is 1. The van der Waals surface area contributed by atoms with Gasteiger partial charge in [0.2, 0.25) is 0 Å². The van der Waals surface area contributed by atoms with Crippen LogP contribution < -0.4 is 4.74 Å². The third-order valence-electron chi connectivity index (χ3n) is 4.91. The molecule has 0 amide bonds. The molecule has 136 valence electrons. The number of rotatable bonds is 6. The summed E-state index contributed by atoms with van der Waals surface area (Å²) in [6.45, 7) is 2.11. The fourth-order valence-corrected chi connectivity index (χ4v) is 3.36. The highest BCUT2D eigenvalue weighted by molar-refractivity contribution is 5.86. The Morgan fingerprint density at radius 2 is 1.74 bits per heavy atom. The van der Waals surface area contributed by atoms with Crippen molar-refractivity contribution in [3.8, 4) is 5.75 Å². The number of pyridine rings is 2. The van der Waals surface area contributed by atoms with Crippen molar-refractivity contribution >= 4 is 11.0 Å². The van der Waals surface area contributed by atoms with E-state index in [2.05, 4.69) is 58.3 Å². The van der Waals surface area contributed by atoms with Crippen molar-refractivity contribution in [2.45, 2.75) is 26.2 Å². The van der Waals surface area contributed by atoms with E-state index in [-0.39, 0.29) is 0 Å². The van der Waals surface area contributed by atoms with E-state index in [4.69, 9.17) is 4.74 Å². The minimum absolute atomic E-state index is 0.799. The van der Waals surface area contributed by atoms with E-state index in [1.165, 1.54) is 22.3 Å². The Morgan fingerprint density at radius 1 is 0.926 bits per heavy atom. The lowest BCUT2D eigenvalue weighted by Gasteiger charge is -2.06. The topological polar surface area (TPSA) is 50.8 Å². The first kappa shape index (κ1) is 17.3. The number of aromatic nitrogens is 3. The predicted octanol–water partition coefficient (Wildman–Crippen LogP) is 4.65. The van der Waals surface area contributed by atoms with Crippen LogP contribution in [0.15, 0.2) is 61.1 Å². The molecule has 4 aromatic rings. The van der Waals surface area contributed by atoms with E-state index in [0.717, 1.165) is 41.7 Å². The minimum atomic E-state index is 0.799. The Balaban J connectivity index is 1.46. The number of hydrogen-bond acceptors (Lipinski definition) is 3. The maximum Gasteiger partial charge on any atom is 0.141 e. The number of methoxy groups -OCH3 is 1. The quantitative estimate of drug-likeness (QED) is 0.546. The van der Waals surface area contributed by atoms with Gasteiger partial charge in [0.15, 0.2) is 0 Å². The highest BCUT2D eigenvalue weighted by atomic mass is 16.5. The molecular formula is C23H23N3O. The number of nitrogens with one attached hydrogen (secondary N) is 1. The van der Waals surface area contributed by atoms with Gasteiger partial charge in [-0.05, 0) is 48.6 Å². The molecule has 1 aromatic carbocycles. The third-order valence-corrected chi connectivity index (χ3v) is 4.91. The maximum atomic E-state index is 5.49. The van der Waals surface area contributed by atoms with Crippen LogP contribution in [0.5, 0.6) is 5.75 Å². The first-order valence-corrected chi connectivity index (χ1v) is 9.21. The highest BCUT2D eigenvalue weighted by Gasteiger charge is 2.11. The second-order valence-corrected chi connectivity index (χ2v) is 6.87. The number of fused-ring (bicyclic) bond motifs is 1. The minimum Gasteiger partial charge on any atom is -0.496 e. The van der Waals surface area contributed by atoms with Crippen LogP contribution in [-0.4, -0.2) is 22.1 Å². The van der Waals surface area contributed by atoms with Crippen LogP contribution in [0.2, 0.25) is 0 Å². The Labute approximate surface area is 159 Å². The normalized spacial score (nSPS) is 11.0. The van der Waals surface area contributed by atoms with E-state index in [9.17, 15) is 0 Å². The summed E-state index contributed by atoms with van der Waals surface area (Å²) < 4.78 is 5.49. The third kappa shape index (κ3) is 3.85. The summed E-state index contributed by atoms with van der Waals surface area (Å²) in [4.78, 5) is 12.3. The molecule has 3 aromatic heterocycles. The molecule has 3 heterocycles. The number of nitrogens with zero attached hydrogens (tertiary/aromatic N) is 2. The van der Waals surface area contributed by atoms with Gasteiger partial charge in [-0.15, -0.1) is 0 Å². The molecular weight excluding hydrogens is 334 g/mol. The van der Waals surface area contributed by atoms with E-state index in [1.807, 2.05) is 18.5 Å². The van der Waals surface area contributed by atoms with Crippen molar-refractivity contribution in [3.63, 3.8) is 0 Å². The maximum absolute atomic E-state index is 5.49. The Morgan fingerprint density at radius 3 is 2.48 bits per heavy atom. The first-order valence-electron chi connectivity index (χ1n) is 9.21. The first-order chi connectivity index (χ1) is 13.2. The van der Waals surface area contributed by atoms with Crippen LogP contribution in [0.4, 0.5) is 0 Å². The second kappa shape index (κ2) is 7.62. The zero-order valence-electron chi connectivity index (χ0n) is 15.7. The van der Waals surface area contributed by atoms with Gasteiger partial charge in [-0.3, -0.25) is 4.98 Å². The number of hydrogen-bond donors (Lipinski definition) is 1. The molecule has 27 heavy (non-hydrogen) atoms. The largest absolute Gasteiger partial charge is 0.496 e. The van der Waals surface area contributed by atoms with Crippen molar-refractivity contribution < 1.29 is 4.74 Å². The van der Waals surface area contributed by atoms with Gasteiger partial charge < -0.3 is 9.72 Å². The lowest BCUT2D eigenvalue weighted by atomic mass is 10.0. The van der Waals surface area contributed by atoms with E-state index >= 15 is 0 Å². The molecule has 0 fully saturated rings. The smallest absolute Gasteiger partial charge is 0.141 e. The van der Waals surface area contributed by atoms with Gasteiger partial charge >= 0.3 is 0 Å². The Bertz CT molecular complexity index is 1030. The summed E-state index contributed by atoms with van der Waals surface area (Å²) >= 11 is 0. The van der Waals surface area contributed by atoms with Crippen molar-refractivity contribution in [1.82, 2.24) is 15.0 Å². The van der Waals surface area contributed by atoms with Gasteiger partial charge in [0.1, 0.15) is 11.4 Å².